The van der Waals surface area contributed by atoms with Gasteiger partial charge in [-0.15, -0.1) is 0 Å². The van der Waals surface area contributed by atoms with E-state index >= 15 is 0 Å². The van der Waals surface area contributed by atoms with Gasteiger partial charge >= 0.3 is 6.18 Å². The Morgan fingerprint density at radius 3 is 2.24 bits per heavy atom. The highest BCUT2D eigenvalue weighted by atomic mass is 19.4. The molecule has 0 bridgehead atoms. The Labute approximate surface area is 120 Å². The summed E-state index contributed by atoms with van der Waals surface area (Å²) in [5.74, 6) is 0. The van der Waals surface area contributed by atoms with Crippen molar-refractivity contribution in [2.75, 3.05) is 0 Å². The molecule has 2 aromatic carbocycles. The summed E-state index contributed by atoms with van der Waals surface area (Å²) in [6.07, 6.45) is -4.45. The maximum atomic E-state index is 13.0. The SMILES string of the molecule is Cc1ccc(-c2cc(C(F)(F)F)nc3ccccc23)cc1. The van der Waals surface area contributed by atoms with Crippen molar-refractivity contribution < 1.29 is 13.2 Å². The molecule has 0 radical (unpaired) electrons. The highest BCUT2D eigenvalue weighted by Gasteiger charge is 2.33. The van der Waals surface area contributed by atoms with Gasteiger partial charge in [0.1, 0.15) is 5.69 Å². The molecule has 3 rings (SSSR count). The number of nitrogens with zero attached hydrogens (tertiary/aromatic N) is 1. The summed E-state index contributed by atoms with van der Waals surface area (Å²) in [6.45, 7) is 1.94. The summed E-state index contributed by atoms with van der Waals surface area (Å²) in [6, 6.07) is 15.4. The summed E-state index contributed by atoms with van der Waals surface area (Å²) >= 11 is 0. The van der Waals surface area contributed by atoms with Crippen LogP contribution < -0.4 is 0 Å². The summed E-state index contributed by atoms with van der Waals surface area (Å²) < 4.78 is 39.0. The molecule has 0 spiro atoms. The first kappa shape index (κ1) is 13.6. The normalized spacial score (nSPS) is 11.8. The van der Waals surface area contributed by atoms with Crippen molar-refractivity contribution in [3.63, 3.8) is 0 Å². The molecule has 0 amide bonds. The van der Waals surface area contributed by atoms with Crippen LogP contribution in [0.2, 0.25) is 0 Å². The van der Waals surface area contributed by atoms with Gasteiger partial charge in [-0.25, -0.2) is 4.98 Å². The molecule has 0 aliphatic carbocycles. The average Bonchev–Trinajstić information content (AvgIpc) is 2.46. The number of hydrogen-bond donors (Lipinski definition) is 0. The molecule has 1 nitrogen and oxygen atoms in total. The maximum absolute atomic E-state index is 13.0. The van der Waals surface area contributed by atoms with Crippen molar-refractivity contribution in [2.45, 2.75) is 13.1 Å². The highest BCUT2D eigenvalue weighted by Crippen LogP contribution is 2.35. The summed E-state index contributed by atoms with van der Waals surface area (Å²) in [5, 5.41) is 0.717. The Kier molecular flexibility index (Phi) is 3.16. The van der Waals surface area contributed by atoms with Gasteiger partial charge in [0.25, 0.3) is 0 Å². The number of alkyl halides is 3. The Morgan fingerprint density at radius 1 is 0.905 bits per heavy atom. The third kappa shape index (κ3) is 2.61. The molecule has 0 saturated heterocycles. The molecular formula is C17H12F3N. The van der Waals surface area contributed by atoms with Gasteiger partial charge in [-0.1, -0.05) is 48.0 Å². The van der Waals surface area contributed by atoms with Gasteiger partial charge in [0.2, 0.25) is 0 Å². The largest absolute Gasteiger partial charge is 0.433 e. The zero-order valence-electron chi connectivity index (χ0n) is 11.3. The Balaban J connectivity index is 2.31. The third-order valence-electron chi connectivity index (χ3n) is 3.37. The van der Waals surface area contributed by atoms with Gasteiger partial charge in [-0.05, 0) is 30.2 Å². The minimum absolute atomic E-state index is 0.350. The standard InChI is InChI=1S/C17H12F3N/c1-11-6-8-12(9-7-11)14-10-16(17(18,19)20)21-15-5-3-2-4-13(14)15/h2-10H,1H3. The van der Waals surface area contributed by atoms with Gasteiger partial charge in [0.15, 0.2) is 0 Å². The van der Waals surface area contributed by atoms with E-state index in [4.69, 9.17) is 0 Å². The first-order valence-electron chi connectivity index (χ1n) is 6.49. The van der Waals surface area contributed by atoms with Crippen molar-refractivity contribution in [1.82, 2.24) is 4.98 Å². The van der Waals surface area contributed by atoms with Crippen molar-refractivity contribution in [3.05, 3.63) is 65.9 Å². The molecule has 0 N–H and O–H groups in total. The Hall–Kier alpha value is -2.36. The van der Waals surface area contributed by atoms with E-state index in [1.807, 2.05) is 31.2 Å². The topological polar surface area (TPSA) is 12.9 Å². The predicted octanol–water partition coefficient (Wildman–Crippen LogP) is 5.23. The van der Waals surface area contributed by atoms with Crippen LogP contribution in [0.1, 0.15) is 11.3 Å². The number of hydrogen-bond acceptors (Lipinski definition) is 1. The van der Waals surface area contributed by atoms with Gasteiger partial charge in [-0.3, -0.25) is 0 Å². The van der Waals surface area contributed by atoms with Crippen molar-refractivity contribution >= 4 is 10.9 Å². The van der Waals surface area contributed by atoms with E-state index in [1.54, 1.807) is 24.3 Å². The van der Waals surface area contributed by atoms with E-state index in [2.05, 4.69) is 4.98 Å². The zero-order valence-corrected chi connectivity index (χ0v) is 11.3. The van der Waals surface area contributed by atoms with E-state index < -0.39 is 11.9 Å². The van der Waals surface area contributed by atoms with Gasteiger partial charge in [0.05, 0.1) is 5.52 Å². The van der Waals surface area contributed by atoms with E-state index in [-0.39, 0.29) is 0 Å². The van der Waals surface area contributed by atoms with Gasteiger partial charge in [-0.2, -0.15) is 13.2 Å². The van der Waals surface area contributed by atoms with Crippen LogP contribution in [0.5, 0.6) is 0 Å². The number of benzene rings is 2. The fraction of sp³-hybridized carbons (Fsp3) is 0.118. The van der Waals surface area contributed by atoms with Gasteiger partial charge < -0.3 is 0 Å². The lowest BCUT2D eigenvalue weighted by atomic mass is 9.99. The number of aromatic nitrogens is 1. The molecule has 0 atom stereocenters. The molecule has 1 aromatic heterocycles. The van der Waals surface area contributed by atoms with E-state index in [0.29, 0.717) is 16.5 Å². The fourth-order valence-electron chi connectivity index (χ4n) is 2.29. The van der Waals surface area contributed by atoms with Crippen molar-refractivity contribution in [1.29, 1.82) is 0 Å². The van der Waals surface area contributed by atoms with Crippen LogP contribution in [0.4, 0.5) is 13.2 Å². The van der Waals surface area contributed by atoms with Crippen LogP contribution in [-0.2, 0) is 6.18 Å². The first-order chi connectivity index (χ1) is 9.95. The average molecular weight is 287 g/mol. The van der Waals surface area contributed by atoms with Crippen LogP contribution in [0.25, 0.3) is 22.0 Å². The minimum Gasteiger partial charge on any atom is -0.243 e. The second-order valence-electron chi connectivity index (χ2n) is 4.94. The third-order valence-corrected chi connectivity index (χ3v) is 3.37. The predicted molar refractivity (Wildman–Crippen MR) is 76.9 cm³/mol. The Bertz CT molecular complexity index is 789. The molecule has 106 valence electrons. The molecule has 0 aliphatic heterocycles. The molecule has 0 unspecified atom stereocenters. The molecule has 4 heteroatoms. The molecule has 3 aromatic rings. The van der Waals surface area contributed by atoms with E-state index in [9.17, 15) is 13.2 Å². The Morgan fingerprint density at radius 2 is 1.57 bits per heavy atom. The lowest BCUT2D eigenvalue weighted by Gasteiger charge is -2.12. The second kappa shape index (κ2) is 4.88. The van der Waals surface area contributed by atoms with Crippen LogP contribution in [0.15, 0.2) is 54.6 Å². The summed E-state index contributed by atoms with van der Waals surface area (Å²) in [5.41, 5.74) is 1.85. The second-order valence-corrected chi connectivity index (χ2v) is 4.94. The lowest BCUT2D eigenvalue weighted by Crippen LogP contribution is -2.08. The fourth-order valence-corrected chi connectivity index (χ4v) is 2.29. The molecule has 0 aliphatic rings. The zero-order chi connectivity index (χ0) is 15.0. The minimum atomic E-state index is -4.45. The maximum Gasteiger partial charge on any atom is 0.433 e. The number of para-hydroxylation sites is 1. The molecule has 1 heterocycles. The smallest absolute Gasteiger partial charge is 0.243 e. The molecule has 0 fully saturated rings. The van der Waals surface area contributed by atoms with Crippen molar-refractivity contribution in [2.24, 2.45) is 0 Å². The highest BCUT2D eigenvalue weighted by molar-refractivity contribution is 5.94. The van der Waals surface area contributed by atoms with Crippen LogP contribution >= 0.6 is 0 Å². The lowest BCUT2D eigenvalue weighted by molar-refractivity contribution is -0.140. The monoisotopic (exact) mass is 287 g/mol. The van der Waals surface area contributed by atoms with Gasteiger partial charge in [0, 0.05) is 5.39 Å². The van der Waals surface area contributed by atoms with Crippen molar-refractivity contribution in [3.8, 4) is 11.1 Å². The van der Waals surface area contributed by atoms with Crippen LogP contribution in [0, 0.1) is 6.92 Å². The summed E-state index contributed by atoms with van der Waals surface area (Å²) in [7, 11) is 0. The summed E-state index contributed by atoms with van der Waals surface area (Å²) in [4.78, 5) is 3.73. The molecule has 0 saturated carbocycles. The number of pyridine rings is 1. The number of rotatable bonds is 1. The van der Waals surface area contributed by atoms with E-state index in [0.717, 1.165) is 17.2 Å². The van der Waals surface area contributed by atoms with E-state index in [1.165, 1.54) is 0 Å². The quantitative estimate of drug-likeness (QED) is 0.597. The first-order valence-corrected chi connectivity index (χ1v) is 6.49. The molecular weight excluding hydrogens is 275 g/mol. The van der Waals surface area contributed by atoms with Crippen LogP contribution in [0.3, 0.4) is 0 Å². The number of halogens is 3. The van der Waals surface area contributed by atoms with Crippen LogP contribution in [-0.4, -0.2) is 4.98 Å². The number of aryl methyl sites for hydroxylation is 1. The molecule has 21 heavy (non-hydrogen) atoms. The number of fused-ring (bicyclic) bond motifs is 1.